The molecule has 0 saturated carbocycles. The predicted octanol–water partition coefficient (Wildman–Crippen LogP) is 1.66. The van der Waals surface area contributed by atoms with Crippen molar-refractivity contribution in [2.75, 3.05) is 31.2 Å². The molecule has 1 aromatic heterocycles. The molecular weight excluding hydrogens is 282 g/mol. The first-order valence-electron chi connectivity index (χ1n) is 6.18. The molecule has 2 heterocycles. The summed E-state index contributed by atoms with van der Waals surface area (Å²) in [6.45, 7) is 3.22. The Morgan fingerprint density at radius 2 is 2.10 bits per heavy atom. The van der Waals surface area contributed by atoms with Crippen molar-refractivity contribution in [2.24, 2.45) is 0 Å². The van der Waals surface area contributed by atoms with Crippen LogP contribution in [0.5, 0.6) is 5.75 Å². The Morgan fingerprint density at radius 3 is 2.85 bits per heavy atom. The van der Waals surface area contributed by atoms with Gasteiger partial charge in [0.1, 0.15) is 11.6 Å². The highest BCUT2D eigenvalue weighted by Crippen LogP contribution is 2.28. The number of rotatable bonds is 3. The van der Waals surface area contributed by atoms with E-state index in [-0.39, 0.29) is 5.28 Å². The zero-order valence-corrected chi connectivity index (χ0v) is 11.3. The number of carbonyl (C=O) groups is 1. The Balaban J connectivity index is 2.08. The van der Waals surface area contributed by atoms with Crippen LogP contribution >= 0.6 is 11.6 Å². The van der Waals surface area contributed by atoms with Crippen LogP contribution in [0.1, 0.15) is 0 Å². The van der Waals surface area contributed by atoms with Crippen LogP contribution in [-0.4, -0.2) is 42.7 Å². The molecule has 1 aromatic carbocycles. The standard InChI is InChI=1S/C13H12ClN3O3/c14-13-15-11-7-9(20-8-18)1-2-10(11)12(16-13)17-3-5-19-6-4-17/h1-2,7-8H,3-6H2. The van der Waals surface area contributed by atoms with Gasteiger partial charge >= 0.3 is 0 Å². The minimum atomic E-state index is 0.169. The van der Waals surface area contributed by atoms with Crippen LogP contribution in [0.4, 0.5) is 5.82 Å². The van der Waals surface area contributed by atoms with Crippen LogP contribution in [-0.2, 0) is 9.53 Å². The second kappa shape index (κ2) is 5.60. The molecule has 0 bridgehead atoms. The highest BCUT2D eigenvalue weighted by Gasteiger charge is 2.17. The smallest absolute Gasteiger partial charge is 0.298 e. The van der Waals surface area contributed by atoms with Crippen LogP contribution in [0.3, 0.4) is 0 Å². The molecule has 0 unspecified atom stereocenters. The van der Waals surface area contributed by atoms with Gasteiger partial charge in [-0.2, -0.15) is 4.98 Å². The Hall–Kier alpha value is -1.92. The normalized spacial score (nSPS) is 15.3. The van der Waals surface area contributed by atoms with Crippen LogP contribution in [0.15, 0.2) is 18.2 Å². The largest absolute Gasteiger partial charge is 0.429 e. The number of nitrogens with zero attached hydrogens (tertiary/aromatic N) is 3. The molecule has 1 saturated heterocycles. The van der Waals surface area contributed by atoms with Gasteiger partial charge in [0.15, 0.2) is 0 Å². The average molecular weight is 294 g/mol. The van der Waals surface area contributed by atoms with Crippen LogP contribution in [0.25, 0.3) is 10.9 Å². The first-order valence-corrected chi connectivity index (χ1v) is 6.56. The molecule has 3 rings (SSSR count). The van der Waals surface area contributed by atoms with Gasteiger partial charge in [0, 0.05) is 24.5 Å². The van der Waals surface area contributed by atoms with E-state index in [1.165, 1.54) is 0 Å². The van der Waals surface area contributed by atoms with E-state index in [1.807, 2.05) is 6.07 Å². The lowest BCUT2D eigenvalue weighted by atomic mass is 10.2. The summed E-state index contributed by atoms with van der Waals surface area (Å²) in [4.78, 5) is 21.0. The fourth-order valence-corrected chi connectivity index (χ4v) is 2.38. The number of anilines is 1. The molecule has 104 valence electrons. The van der Waals surface area contributed by atoms with Crippen molar-refractivity contribution < 1.29 is 14.3 Å². The molecule has 1 aliphatic rings. The monoisotopic (exact) mass is 293 g/mol. The summed E-state index contributed by atoms with van der Waals surface area (Å²) in [6, 6.07) is 5.20. The zero-order chi connectivity index (χ0) is 13.9. The highest BCUT2D eigenvalue weighted by atomic mass is 35.5. The molecule has 7 heteroatoms. The van der Waals surface area contributed by atoms with E-state index in [9.17, 15) is 4.79 Å². The van der Waals surface area contributed by atoms with E-state index in [0.717, 1.165) is 24.3 Å². The Labute approximate surface area is 120 Å². The first-order chi connectivity index (χ1) is 9.78. The number of benzene rings is 1. The van der Waals surface area contributed by atoms with Gasteiger partial charge < -0.3 is 14.4 Å². The quantitative estimate of drug-likeness (QED) is 0.633. The van der Waals surface area contributed by atoms with E-state index < -0.39 is 0 Å². The SMILES string of the molecule is O=COc1ccc2c(N3CCOCC3)nc(Cl)nc2c1. The van der Waals surface area contributed by atoms with E-state index in [0.29, 0.717) is 31.0 Å². The van der Waals surface area contributed by atoms with Gasteiger partial charge in [-0.25, -0.2) is 4.98 Å². The predicted molar refractivity (Wildman–Crippen MR) is 74.3 cm³/mol. The minimum absolute atomic E-state index is 0.169. The summed E-state index contributed by atoms with van der Waals surface area (Å²) in [5.41, 5.74) is 0.644. The molecule has 2 aromatic rings. The third-order valence-electron chi connectivity index (χ3n) is 3.12. The average Bonchev–Trinajstić information content (AvgIpc) is 2.47. The van der Waals surface area contributed by atoms with Crippen LogP contribution in [0, 0.1) is 0 Å². The Morgan fingerprint density at radius 1 is 1.30 bits per heavy atom. The summed E-state index contributed by atoms with van der Waals surface area (Å²) >= 11 is 5.98. The molecular formula is C13H12ClN3O3. The second-order valence-electron chi connectivity index (χ2n) is 4.31. The van der Waals surface area contributed by atoms with Crippen molar-refractivity contribution in [2.45, 2.75) is 0 Å². The van der Waals surface area contributed by atoms with Gasteiger partial charge in [-0.1, -0.05) is 0 Å². The molecule has 0 spiro atoms. The molecule has 0 aliphatic carbocycles. The van der Waals surface area contributed by atoms with Crippen LogP contribution in [0.2, 0.25) is 5.28 Å². The molecule has 0 amide bonds. The molecule has 0 atom stereocenters. The maximum atomic E-state index is 10.4. The summed E-state index contributed by atoms with van der Waals surface area (Å²) in [5.74, 6) is 1.20. The summed E-state index contributed by atoms with van der Waals surface area (Å²) in [5, 5.41) is 1.04. The number of morpholine rings is 1. The third kappa shape index (κ3) is 2.52. The Kier molecular flexibility index (Phi) is 3.66. The van der Waals surface area contributed by atoms with Gasteiger partial charge in [-0.3, -0.25) is 4.79 Å². The topological polar surface area (TPSA) is 64.5 Å². The molecule has 20 heavy (non-hydrogen) atoms. The number of aromatic nitrogens is 2. The number of fused-ring (bicyclic) bond motifs is 1. The molecule has 1 aliphatic heterocycles. The maximum Gasteiger partial charge on any atom is 0.298 e. The zero-order valence-electron chi connectivity index (χ0n) is 10.6. The molecule has 0 N–H and O–H groups in total. The van der Waals surface area contributed by atoms with Crippen molar-refractivity contribution in [1.29, 1.82) is 0 Å². The second-order valence-corrected chi connectivity index (χ2v) is 4.65. The summed E-state index contributed by atoms with van der Waals surface area (Å²) in [6.07, 6.45) is 0. The van der Waals surface area contributed by atoms with Crippen molar-refractivity contribution in [3.05, 3.63) is 23.5 Å². The lowest BCUT2D eigenvalue weighted by molar-refractivity contribution is -0.120. The lowest BCUT2D eigenvalue weighted by Crippen LogP contribution is -2.37. The maximum absolute atomic E-state index is 10.4. The number of halogens is 1. The number of hydrogen-bond acceptors (Lipinski definition) is 6. The number of carbonyl (C=O) groups excluding carboxylic acids is 1. The minimum Gasteiger partial charge on any atom is -0.429 e. The Bertz CT molecular complexity index is 644. The van der Waals surface area contributed by atoms with Gasteiger partial charge in [0.2, 0.25) is 5.28 Å². The van der Waals surface area contributed by atoms with Gasteiger partial charge in [-0.05, 0) is 23.7 Å². The van der Waals surface area contributed by atoms with Crippen molar-refractivity contribution in [3.8, 4) is 5.75 Å². The van der Waals surface area contributed by atoms with E-state index >= 15 is 0 Å². The molecule has 1 fully saturated rings. The van der Waals surface area contributed by atoms with Crippen molar-refractivity contribution in [1.82, 2.24) is 9.97 Å². The van der Waals surface area contributed by atoms with E-state index in [1.54, 1.807) is 12.1 Å². The van der Waals surface area contributed by atoms with Crippen molar-refractivity contribution >= 4 is 34.8 Å². The number of ether oxygens (including phenoxy) is 2. The molecule has 0 radical (unpaired) electrons. The van der Waals surface area contributed by atoms with Gasteiger partial charge in [0.25, 0.3) is 6.47 Å². The number of hydrogen-bond donors (Lipinski definition) is 0. The summed E-state index contributed by atoms with van der Waals surface area (Å²) < 4.78 is 10.2. The fourth-order valence-electron chi connectivity index (χ4n) is 2.21. The van der Waals surface area contributed by atoms with Crippen LogP contribution < -0.4 is 9.64 Å². The van der Waals surface area contributed by atoms with E-state index in [4.69, 9.17) is 21.1 Å². The molecule has 6 nitrogen and oxygen atoms in total. The lowest BCUT2D eigenvalue weighted by Gasteiger charge is -2.28. The first kappa shape index (κ1) is 13.1. The fraction of sp³-hybridized carbons (Fsp3) is 0.308. The summed E-state index contributed by atoms with van der Waals surface area (Å²) in [7, 11) is 0. The van der Waals surface area contributed by atoms with Crippen molar-refractivity contribution in [3.63, 3.8) is 0 Å². The van der Waals surface area contributed by atoms with Gasteiger partial charge in [-0.15, -0.1) is 0 Å². The highest BCUT2D eigenvalue weighted by molar-refractivity contribution is 6.28. The third-order valence-corrected chi connectivity index (χ3v) is 3.28. The van der Waals surface area contributed by atoms with E-state index in [2.05, 4.69) is 14.9 Å². The van der Waals surface area contributed by atoms with Gasteiger partial charge in [0.05, 0.1) is 18.7 Å².